The van der Waals surface area contributed by atoms with Gasteiger partial charge in [0.1, 0.15) is 5.75 Å². The Morgan fingerprint density at radius 1 is 0.867 bits per heavy atom. The summed E-state index contributed by atoms with van der Waals surface area (Å²) in [4.78, 5) is 29.3. The first-order valence-electron chi connectivity index (χ1n) is 9.91. The SMILES string of the molecule is COc1cccc(C(=O)N2CCN(C(=O)c3cc(C)n(-c4ccccc4)n3)CC2)c1. The number of methoxy groups -OCH3 is 1. The van der Waals surface area contributed by atoms with E-state index in [0.717, 1.165) is 11.4 Å². The highest BCUT2D eigenvalue weighted by atomic mass is 16.5. The number of aromatic nitrogens is 2. The second-order valence-corrected chi connectivity index (χ2v) is 7.23. The van der Waals surface area contributed by atoms with E-state index in [2.05, 4.69) is 5.10 Å². The number of amides is 2. The molecule has 1 saturated heterocycles. The molecule has 0 aliphatic carbocycles. The molecule has 0 unspecified atom stereocenters. The molecule has 0 radical (unpaired) electrons. The summed E-state index contributed by atoms with van der Waals surface area (Å²) in [5.74, 6) is 0.491. The minimum absolute atomic E-state index is 0.0507. The fourth-order valence-electron chi connectivity index (χ4n) is 3.62. The first-order valence-corrected chi connectivity index (χ1v) is 9.91. The number of hydrogen-bond acceptors (Lipinski definition) is 4. The van der Waals surface area contributed by atoms with Crippen molar-refractivity contribution in [3.05, 3.63) is 77.6 Å². The molecule has 0 saturated carbocycles. The lowest BCUT2D eigenvalue weighted by atomic mass is 10.1. The molecule has 1 aliphatic heterocycles. The van der Waals surface area contributed by atoms with Crippen LogP contribution in [0.2, 0.25) is 0 Å². The number of rotatable bonds is 4. The summed E-state index contributed by atoms with van der Waals surface area (Å²) in [5.41, 5.74) is 2.83. The topological polar surface area (TPSA) is 67.7 Å². The van der Waals surface area contributed by atoms with Gasteiger partial charge in [-0.05, 0) is 43.3 Å². The Balaban J connectivity index is 1.42. The number of ether oxygens (including phenoxy) is 1. The monoisotopic (exact) mass is 404 g/mol. The van der Waals surface area contributed by atoms with Crippen molar-refractivity contribution in [1.82, 2.24) is 19.6 Å². The molecule has 3 aromatic rings. The summed E-state index contributed by atoms with van der Waals surface area (Å²) in [6.07, 6.45) is 0. The molecule has 7 heteroatoms. The molecule has 0 bridgehead atoms. The Labute approximate surface area is 175 Å². The van der Waals surface area contributed by atoms with Crippen LogP contribution in [0.25, 0.3) is 5.69 Å². The van der Waals surface area contributed by atoms with Crippen LogP contribution in [-0.2, 0) is 0 Å². The van der Waals surface area contributed by atoms with Crippen molar-refractivity contribution >= 4 is 11.8 Å². The Bertz CT molecular complexity index is 1050. The maximum atomic E-state index is 13.0. The molecule has 4 rings (SSSR count). The summed E-state index contributed by atoms with van der Waals surface area (Å²) in [6, 6.07) is 18.7. The van der Waals surface area contributed by atoms with Crippen LogP contribution in [0.1, 0.15) is 26.5 Å². The van der Waals surface area contributed by atoms with Gasteiger partial charge in [-0.2, -0.15) is 5.10 Å². The number of nitrogens with zero attached hydrogens (tertiary/aromatic N) is 4. The van der Waals surface area contributed by atoms with Gasteiger partial charge in [0.15, 0.2) is 5.69 Å². The molecular formula is C23H24N4O3. The van der Waals surface area contributed by atoms with E-state index >= 15 is 0 Å². The van der Waals surface area contributed by atoms with Crippen molar-refractivity contribution in [3.8, 4) is 11.4 Å². The van der Waals surface area contributed by atoms with Crippen molar-refractivity contribution < 1.29 is 14.3 Å². The van der Waals surface area contributed by atoms with Crippen LogP contribution < -0.4 is 4.74 Å². The third kappa shape index (κ3) is 3.91. The molecule has 1 aliphatic rings. The maximum Gasteiger partial charge on any atom is 0.274 e. The van der Waals surface area contributed by atoms with Crippen molar-refractivity contribution in [2.75, 3.05) is 33.3 Å². The summed E-state index contributed by atoms with van der Waals surface area (Å²) in [7, 11) is 1.58. The average Bonchev–Trinajstić information content (AvgIpc) is 3.20. The number of aryl methyl sites for hydroxylation is 1. The number of carbonyl (C=O) groups excluding carboxylic acids is 2. The van der Waals surface area contributed by atoms with E-state index in [-0.39, 0.29) is 11.8 Å². The fourth-order valence-corrected chi connectivity index (χ4v) is 3.62. The van der Waals surface area contributed by atoms with E-state index in [1.165, 1.54) is 0 Å². The Kier molecular flexibility index (Phi) is 5.52. The van der Waals surface area contributed by atoms with Crippen LogP contribution in [0.5, 0.6) is 5.75 Å². The van der Waals surface area contributed by atoms with Gasteiger partial charge in [0.25, 0.3) is 11.8 Å². The van der Waals surface area contributed by atoms with Gasteiger partial charge in [0.2, 0.25) is 0 Å². The smallest absolute Gasteiger partial charge is 0.274 e. The van der Waals surface area contributed by atoms with E-state index in [4.69, 9.17) is 4.74 Å². The first-order chi connectivity index (χ1) is 14.6. The lowest BCUT2D eigenvalue weighted by Crippen LogP contribution is -2.50. The summed E-state index contributed by atoms with van der Waals surface area (Å²) in [5, 5.41) is 4.51. The van der Waals surface area contributed by atoms with Crippen molar-refractivity contribution in [3.63, 3.8) is 0 Å². The van der Waals surface area contributed by atoms with Crippen molar-refractivity contribution in [2.45, 2.75) is 6.92 Å². The minimum atomic E-state index is -0.110. The lowest BCUT2D eigenvalue weighted by Gasteiger charge is -2.34. The molecule has 30 heavy (non-hydrogen) atoms. The number of carbonyl (C=O) groups is 2. The lowest BCUT2D eigenvalue weighted by molar-refractivity contribution is 0.0532. The van der Waals surface area contributed by atoms with Crippen LogP contribution >= 0.6 is 0 Å². The predicted molar refractivity (Wildman–Crippen MR) is 113 cm³/mol. The van der Waals surface area contributed by atoms with Gasteiger partial charge in [-0.15, -0.1) is 0 Å². The highest BCUT2D eigenvalue weighted by molar-refractivity contribution is 5.95. The third-order valence-corrected chi connectivity index (χ3v) is 5.28. The first kappa shape index (κ1) is 19.7. The number of benzene rings is 2. The molecule has 0 spiro atoms. The Morgan fingerprint density at radius 3 is 2.20 bits per heavy atom. The van der Waals surface area contributed by atoms with Crippen LogP contribution in [0.4, 0.5) is 0 Å². The molecule has 154 valence electrons. The Morgan fingerprint density at radius 2 is 1.53 bits per heavy atom. The van der Waals surface area contributed by atoms with Gasteiger partial charge in [-0.3, -0.25) is 9.59 Å². The van der Waals surface area contributed by atoms with Gasteiger partial charge in [-0.25, -0.2) is 4.68 Å². The van der Waals surface area contributed by atoms with Crippen LogP contribution in [0, 0.1) is 6.92 Å². The minimum Gasteiger partial charge on any atom is -0.497 e. The summed E-state index contributed by atoms with van der Waals surface area (Å²) < 4.78 is 6.97. The number of hydrogen-bond donors (Lipinski definition) is 0. The average molecular weight is 404 g/mol. The molecule has 2 aromatic carbocycles. The van der Waals surface area contributed by atoms with Gasteiger partial charge in [0.05, 0.1) is 12.8 Å². The van der Waals surface area contributed by atoms with E-state index in [1.807, 2.05) is 49.4 Å². The van der Waals surface area contributed by atoms with Gasteiger partial charge in [-0.1, -0.05) is 24.3 Å². The predicted octanol–water partition coefficient (Wildman–Crippen LogP) is 2.79. The van der Waals surface area contributed by atoms with Gasteiger partial charge in [0, 0.05) is 37.4 Å². The third-order valence-electron chi connectivity index (χ3n) is 5.28. The quantitative estimate of drug-likeness (QED) is 0.671. The highest BCUT2D eigenvalue weighted by Gasteiger charge is 2.27. The molecule has 7 nitrogen and oxygen atoms in total. The standard InChI is InChI=1S/C23H24N4O3/c1-17-15-21(24-27(17)19-8-4-3-5-9-19)23(29)26-13-11-25(12-14-26)22(28)18-7-6-10-20(16-18)30-2/h3-10,15-16H,11-14H2,1-2H3. The molecule has 2 amide bonds. The molecule has 1 fully saturated rings. The van der Waals surface area contributed by atoms with Crippen molar-refractivity contribution in [2.24, 2.45) is 0 Å². The van der Waals surface area contributed by atoms with Crippen LogP contribution in [0.15, 0.2) is 60.7 Å². The van der Waals surface area contributed by atoms with Crippen LogP contribution in [-0.4, -0.2) is 64.7 Å². The second-order valence-electron chi connectivity index (χ2n) is 7.23. The van der Waals surface area contributed by atoms with Crippen LogP contribution in [0.3, 0.4) is 0 Å². The summed E-state index contributed by atoms with van der Waals surface area (Å²) in [6.45, 7) is 3.86. The van der Waals surface area contributed by atoms with E-state index in [1.54, 1.807) is 39.8 Å². The van der Waals surface area contributed by atoms with E-state index in [9.17, 15) is 9.59 Å². The normalized spacial score (nSPS) is 13.9. The Hall–Kier alpha value is -3.61. The summed E-state index contributed by atoms with van der Waals surface area (Å²) >= 11 is 0. The van der Waals surface area contributed by atoms with E-state index in [0.29, 0.717) is 43.2 Å². The number of piperazine rings is 1. The fraction of sp³-hybridized carbons (Fsp3) is 0.261. The molecule has 1 aromatic heterocycles. The maximum absolute atomic E-state index is 13.0. The molecule has 2 heterocycles. The number of para-hydroxylation sites is 1. The second kappa shape index (κ2) is 8.41. The van der Waals surface area contributed by atoms with E-state index < -0.39 is 0 Å². The highest BCUT2D eigenvalue weighted by Crippen LogP contribution is 2.17. The van der Waals surface area contributed by atoms with Gasteiger partial charge < -0.3 is 14.5 Å². The zero-order valence-corrected chi connectivity index (χ0v) is 17.1. The van der Waals surface area contributed by atoms with Gasteiger partial charge >= 0.3 is 0 Å². The molecule has 0 N–H and O–H groups in total. The zero-order valence-electron chi connectivity index (χ0n) is 17.1. The molecular weight excluding hydrogens is 380 g/mol. The molecule has 0 atom stereocenters. The van der Waals surface area contributed by atoms with Crippen molar-refractivity contribution in [1.29, 1.82) is 0 Å². The zero-order chi connectivity index (χ0) is 21.1. The largest absolute Gasteiger partial charge is 0.497 e.